The fourth-order valence-electron chi connectivity index (χ4n) is 4.25. The normalized spacial score (nSPS) is 27.4. The smallest absolute Gasteiger partial charge is 0.410 e. The van der Waals surface area contributed by atoms with E-state index in [4.69, 9.17) is 9.47 Å². The zero-order valence-corrected chi connectivity index (χ0v) is 17.2. The third-order valence-electron chi connectivity index (χ3n) is 5.28. The molecule has 2 atom stereocenters. The van der Waals surface area contributed by atoms with Crippen LogP contribution in [0.3, 0.4) is 0 Å². The topological polar surface area (TPSA) is 42.0 Å². The Labute approximate surface area is 163 Å². The number of nitrogens with zero attached hydrogens (tertiary/aromatic N) is 2. The molecule has 2 saturated heterocycles. The van der Waals surface area contributed by atoms with Gasteiger partial charge in [-0.1, -0.05) is 30.3 Å². The molecule has 1 aromatic carbocycles. The van der Waals surface area contributed by atoms with Crippen LogP contribution in [0.1, 0.15) is 52.5 Å². The molecule has 0 N–H and O–H groups in total. The summed E-state index contributed by atoms with van der Waals surface area (Å²) in [5, 5.41) is 0. The van der Waals surface area contributed by atoms with E-state index in [2.05, 4.69) is 42.2 Å². The summed E-state index contributed by atoms with van der Waals surface area (Å²) in [6.45, 7) is 12.2. The summed E-state index contributed by atoms with van der Waals surface area (Å²) in [6, 6.07) is 10.6. The van der Waals surface area contributed by atoms with Crippen LogP contribution in [-0.2, 0) is 16.0 Å². The van der Waals surface area contributed by atoms with Gasteiger partial charge >= 0.3 is 6.09 Å². The maximum absolute atomic E-state index is 12.5. The minimum absolute atomic E-state index is 0.163. The zero-order chi connectivity index (χ0) is 19.5. The van der Waals surface area contributed by atoms with Crippen molar-refractivity contribution in [2.45, 2.75) is 70.8 Å². The Morgan fingerprint density at radius 2 is 1.96 bits per heavy atom. The van der Waals surface area contributed by atoms with Crippen LogP contribution in [-0.4, -0.2) is 59.4 Å². The van der Waals surface area contributed by atoms with E-state index in [1.807, 2.05) is 25.7 Å². The number of ether oxygens (including phenoxy) is 2. The van der Waals surface area contributed by atoms with E-state index in [9.17, 15) is 4.79 Å². The van der Waals surface area contributed by atoms with Gasteiger partial charge in [-0.05, 0) is 52.5 Å². The van der Waals surface area contributed by atoms with Crippen molar-refractivity contribution < 1.29 is 14.3 Å². The molecule has 1 spiro atoms. The van der Waals surface area contributed by atoms with Gasteiger partial charge in [-0.25, -0.2) is 4.79 Å². The molecule has 2 aliphatic heterocycles. The summed E-state index contributed by atoms with van der Waals surface area (Å²) >= 11 is 0. The predicted octanol–water partition coefficient (Wildman–Crippen LogP) is 4.07. The van der Waals surface area contributed by atoms with E-state index >= 15 is 0 Å². The molecule has 2 aliphatic rings. The molecule has 0 bridgehead atoms. The molecule has 2 fully saturated rings. The van der Waals surface area contributed by atoms with Crippen molar-refractivity contribution in [3.8, 4) is 0 Å². The van der Waals surface area contributed by atoms with E-state index in [0.717, 1.165) is 45.4 Å². The first-order valence-electron chi connectivity index (χ1n) is 10.2. The first-order valence-corrected chi connectivity index (χ1v) is 10.2. The highest BCUT2D eigenvalue weighted by atomic mass is 16.6. The van der Waals surface area contributed by atoms with Crippen LogP contribution in [0, 0.1) is 0 Å². The van der Waals surface area contributed by atoms with Crippen molar-refractivity contribution in [3.05, 3.63) is 35.9 Å². The van der Waals surface area contributed by atoms with Gasteiger partial charge in [-0.3, -0.25) is 4.90 Å². The van der Waals surface area contributed by atoms with Crippen molar-refractivity contribution in [2.24, 2.45) is 0 Å². The van der Waals surface area contributed by atoms with Crippen LogP contribution in [0.4, 0.5) is 4.79 Å². The Bertz CT molecular complexity index is 628. The lowest BCUT2D eigenvalue weighted by Gasteiger charge is -2.45. The maximum atomic E-state index is 12.5. The molecule has 0 aliphatic carbocycles. The number of hydrogen-bond acceptors (Lipinski definition) is 4. The molecule has 1 unspecified atom stereocenters. The average Bonchev–Trinajstić information content (AvgIpc) is 2.76. The number of hydrogen-bond donors (Lipinski definition) is 0. The maximum Gasteiger partial charge on any atom is 0.410 e. The second-order valence-corrected chi connectivity index (χ2v) is 9.09. The van der Waals surface area contributed by atoms with Crippen molar-refractivity contribution in [1.82, 2.24) is 9.80 Å². The van der Waals surface area contributed by atoms with Gasteiger partial charge in [0.05, 0.1) is 11.7 Å². The Kier molecular flexibility index (Phi) is 6.11. The van der Waals surface area contributed by atoms with Crippen LogP contribution in [0.5, 0.6) is 0 Å². The number of carbonyl (C=O) groups excluding carboxylic acids is 1. The lowest BCUT2D eigenvalue weighted by Crippen LogP contribution is -2.55. The van der Waals surface area contributed by atoms with Gasteiger partial charge in [0, 0.05) is 32.7 Å². The second-order valence-electron chi connectivity index (χ2n) is 9.09. The minimum atomic E-state index is -0.455. The van der Waals surface area contributed by atoms with E-state index in [1.54, 1.807) is 0 Å². The molecule has 0 aromatic heterocycles. The lowest BCUT2D eigenvalue weighted by atomic mass is 9.91. The molecule has 150 valence electrons. The second kappa shape index (κ2) is 8.19. The molecule has 5 heteroatoms. The van der Waals surface area contributed by atoms with Crippen LogP contribution in [0.15, 0.2) is 30.3 Å². The average molecular weight is 375 g/mol. The van der Waals surface area contributed by atoms with Gasteiger partial charge in [0.15, 0.2) is 0 Å². The van der Waals surface area contributed by atoms with Crippen LogP contribution in [0.2, 0.25) is 0 Å². The first-order chi connectivity index (χ1) is 12.7. The monoisotopic (exact) mass is 374 g/mol. The number of carbonyl (C=O) groups is 1. The minimum Gasteiger partial charge on any atom is -0.444 e. The zero-order valence-electron chi connectivity index (χ0n) is 17.2. The SMILES string of the molecule is C[C@@H]1CN(Cc2ccccc2)CC2(CCCN(C(=O)OC(C)(C)C)CC2)O1. The van der Waals surface area contributed by atoms with Crippen molar-refractivity contribution in [2.75, 3.05) is 26.2 Å². The number of morpholine rings is 1. The van der Waals surface area contributed by atoms with Crippen LogP contribution >= 0.6 is 0 Å². The van der Waals surface area contributed by atoms with Crippen LogP contribution < -0.4 is 0 Å². The molecular formula is C22H34N2O3. The highest BCUT2D eigenvalue weighted by molar-refractivity contribution is 5.68. The molecule has 5 nitrogen and oxygen atoms in total. The highest BCUT2D eigenvalue weighted by Crippen LogP contribution is 2.33. The Morgan fingerprint density at radius 3 is 2.67 bits per heavy atom. The van der Waals surface area contributed by atoms with Gasteiger partial charge in [0.25, 0.3) is 0 Å². The highest BCUT2D eigenvalue weighted by Gasteiger charge is 2.41. The Hall–Kier alpha value is -1.59. The molecule has 2 heterocycles. The van der Waals surface area contributed by atoms with Gasteiger partial charge < -0.3 is 14.4 Å². The summed E-state index contributed by atoms with van der Waals surface area (Å²) in [5.74, 6) is 0. The molecule has 1 aromatic rings. The number of rotatable bonds is 2. The van der Waals surface area contributed by atoms with E-state index < -0.39 is 5.60 Å². The molecule has 0 radical (unpaired) electrons. The summed E-state index contributed by atoms with van der Waals surface area (Å²) in [6.07, 6.45) is 2.80. The van der Waals surface area contributed by atoms with E-state index in [1.165, 1.54) is 5.56 Å². The number of benzene rings is 1. The fourth-order valence-corrected chi connectivity index (χ4v) is 4.25. The van der Waals surface area contributed by atoms with Crippen LogP contribution in [0.25, 0.3) is 0 Å². The Morgan fingerprint density at radius 1 is 1.22 bits per heavy atom. The van der Waals surface area contributed by atoms with E-state index in [-0.39, 0.29) is 17.8 Å². The van der Waals surface area contributed by atoms with Gasteiger partial charge in [0.2, 0.25) is 0 Å². The van der Waals surface area contributed by atoms with Gasteiger partial charge in [-0.2, -0.15) is 0 Å². The summed E-state index contributed by atoms with van der Waals surface area (Å²) in [7, 11) is 0. The van der Waals surface area contributed by atoms with Crippen molar-refractivity contribution in [1.29, 1.82) is 0 Å². The number of likely N-dealkylation sites (tertiary alicyclic amines) is 1. The van der Waals surface area contributed by atoms with Gasteiger partial charge in [0.1, 0.15) is 5.60 Å². The Balaban J connectivity index is 1.63. The fraction of sp³-hybridized carbons (Fsp3) is 0.682. The summed E-state index contributed by atoms with van der Waals surface area (Å²) in [4.78, 5) is 16.8. The molecule has 0 saturated carbocycles. The standard InChI is InChI=1S/C22H34N2O3/c1-18-15-23(16-19-9-6-5-7-10-19)17-22(26-18)11-8-13-24(14-12-22)20(25)27-21(2,3)4/h5-7,9-10,18H,8,11-17H2,1-4H3/t18-,22?/m1/s1. The predicted molar refractivity (Wildman–Crippen MR) is 107 cm³/mol. The molecule has 1 amide bonds. The van der Waals surface area contributed by atoms with Gasteiger partial charge in [-0.15, -0.1) is 0 Å². The third kappa shape index (κ3) is 5.69. The van der Waals surface area contributed by atoms with E-state index in [0.29, 0.717) is 6.54 Å². The summed E-state index contributed by atoms with van der Waals surface area (Å²) in [5.41, 5.74) is 0.720. The molecule has 3 rings (SSSR count). The largest absolute Gasteiger partial charge is 0.444 e. The first kappa shape index (κ1) is 20.2. The lowest BCUT2D eigenvalue weighted by molar-refractivity contribution is -0.156. The molecule has 27 heavy (non-hydrogen) atoms. The molecular weight excluding hydrogens is 340 g/mol. The number of amides is 1. The third-order valence-corrected chi connectivity index (χ3v) is 5.28. The van der Waals surface area contributed by atoms with Crippen molar-refractivity contribution in [3.63, 3.8) is 0 Å². The summed E-state index contributed by atoms with van der Waals surface area (Å²) < 4.78 is 12.0. The van der Waals surface area contributed by atoms with Crippen molar-refractivity contribution >= 4 is 6.09 Å². The quantitative estimate of drug-likeness (QED) is 0.783.